The van der Waals surface area contributed by atoms with Crippen molar-refractivity contribution in [3.8, 4) is 66.8 Å². The maximum Gasteiger partial charge on any atom is 0.0273 e. The van der Waals surface area contributed by atoms with Gasteiger partial charge in [-0.25, -0.2) is 0 Å². The molecule has 0 saturated carbocycles. The molecule has 0 fully saturated rings. The summed E-state index contributed by atoms with van der Waals surface area (Å²) >= 11 is 0. The largest absolute Gasteiger partial charge is 0.265 e. The van der Waals surface area contributed by atoms with Gasteiger partial charge in [0.15, 0.2) is 0 Å². The highest BCUT2D eigenvalue weighted by molar-refractivity contribution is 5.85. The van der Waals surface area contributed by atoms with Crippen molar-refractivity contribution in [2.45, 2.75) is 0 Å². The lowest BCUT2D eigenvalue weighted by molar-refractivity contribution is 1.33. The third-order valence-corrected chi connectivity index (χ3v) is 7.45. The van der Waals surface area contributed by atoms with Crippen LogP contribution in [0.15, 0.2) is 159 Å². The van der Waals surface area contributed by atoms with Gasteiger partial charge in [-0.1, -0.05) is 18.2 Å². The van der Waals surface area contributed by atoms with Crippen molar-refractivity contribution >= 4 is 0 Å². The van der Waals surface area contributed by atoms with E-state index in [2.05, 4.69) is 129 Å². The smallest absolute Gasteiger partial charge is 0.0273 e. The molecule has 0 radical (unpaired) electrons. The van der Waals surface area contributed by atoms with E-state index in [0.29, 0.717) is 0 Å². The van der Waals surface area contributed by atoms with Gasteiger partial charge < -0.3 is 0 Å². The van der Waals surface area contributed by atoms with Crippen molar-refractivity contribution in [3.63, 3.8) is 0 Å². The number of hydrogen-bond donors (Lipinski definition) is 0. The Kier molecular flexibility index (Phi) is 6.85. The summed E-state index contributed by atoms with van der Waals surface area (Å²) in [6.07, 6.45) is 14.7. The van der Waals surface area contributed by atoms with E-state index in [-0.39, 0.29) is 0 Å². The fraction of sp³-hybridized carbons (Fsp3) is 0. The first-order chi connectivity index (χ1) is 20.8. The van der Waals surface area contributed by atoms with E-state index in [1.165, 1.54) is 0 Å². The fourth-order valence-electron chi connectivity index (χ4n) is 5.31. The normalized spacial score (nSPS) is 10.9. The first kappa shape index (κ1) is 25.2. The first-order valence-electron chi connectivity index (χ1n) is 13.8. The molecule has 0 N–H and O–H groups in total. The van der Waals surface area contributed by atoms with E-state index in [1.807, 2.05) is 49.6 Å². The summed E-state index contributed by atoms with van der Waals surface area (Å²) in [7, 11) is 0. The molecule has 0 aliphatic rings. The monoisotopic (exact) mass is 538 g/mol. The summed E-state index contributed by atoms with van der Waals surface area (Å²) in [5.41, 5.74) is 13.7. The van der Waals surface area contributed by atoms with E-state index in [4.69, 9.17) is 0 Å². The van der Waals surface area contributed by atoms with Crippen LogP contribution in [-0.4, -0.2) is 19.9 Å². The first-order valence-corrected chi connectivity index (χ1v) is 13.8. The predicted molar refractivity (Wildman–Crippen MR) is 170 cm³/mol. The second kappa shape index (κ2) is 11.4. The molecule has 4 heterocycles. The van der Waals surface area contributed by atoms with Crippen molar-refractivity contribution in [1.82, 2.24) is 19.9 Å². The predicted octanol–water partition coefficient (Wildman–Crippen LogP) is 9.27. The SMILES string of the molecule is c1cc(-c2cc(-c3ccncc3)cc(-c3ccncc3)c2)cc(-c2cc(-c3ccncc3)cc(-c3ccncc3)c2)c1. The highest BCUT2D eigenvalue weighted by Gasteiger charge is 2.11. The molecule has 4 nitrogen and oxygen atoms in total. The summed E-state index contributed by atoms with van der Waals surface area (Å²) in [5.74, 6) is 0. The van der Waals surface area contributed by atoms with E-state index < -0.39 is 0 Å². The maximum atomic E-state index is 4.22. The molecular weight excluding hydrogens is 512 g/mol. The van der Waals surface area contributed by atoms with Gasteiger partial charge in [-0.3, -0.25) is 19.9 Å². The topological polar surface area (TPSA) is 51.6 Å². The van der Waals surface area contributed by atoms with Crippen molar-refractivity contribution in [2.24, 2.45) is 0 Å². The Morgan fingerprint density at radius 3 is 0.690 bits per heavy atom. The molecule has 0 spiro atoms. The van der Waals surface area contributed by atoms with Crippen molar-refractivity contribution in [2.75, 3.05) is 0 Å². The van der Waals surface area contributed by atoms with Gasteiger partial charge in [0.2, 0.25) is 0 Å². The molecule has 7 aromatic rings. The van der Waals surface area contributed by atoms with E-state index in [0.717, 1.165) is 66.8 Å². The van der Waals surface area contributed by atoms with Gasteiger partial charge in [0, 0.05) is 49.6 Å². The minimum atomic E-state index is 1.13. The quantitative estimate of drug-likeness (QED) is 0.212. The summed E-state index contributed by atoms with van der Waals surface area (Å²) in [4.78, 5) is 16.9. The second-order valence-corrected chi connectivity index (χ2v) is 10.1. The Morgan fingerprint density at radius 1 is 0.214 bits per heavy atom. The van der Waals surface area contributed by atoms with E-state index in [1.54, 1.807) is 0 Å². The molecule has 7 rings (SSSR count). The van der Waals surface area contributed by atoms with Crippen LogP contribution in [-0.2, 0) is 0 Å². The molecule has 0 unspecified atom stereocenters. The average Bonchev–Trinajstić information content (AvgIpc) is 3.09. The Balaban J connectivity index is 1.37. The van der Waals surface area contributed by atoms with Gasteiger partial charge >= 0.3 is 0 Å². The number of nitrogens with zero attached hydrogens (tertiary/aromatic N) is 4. The second-order valence-electron chi connectivity index (χ2n) is 10.1. The van der Waals surface area contributed by atoms with Gasteiger partial charge in [-0.15, -0.1) is 0 Å². The molecule has 0 aliphatic carbocycles. The Morgan fingerprint density at radius 2 is 0.429 bits per heavy atom. The van der Waals surface area contributed by atoms with Crippen molar-refractivity contribution in [1.29, 1.82) is 0 Å². The Bertz CT molecular complexity index is 1700. The van der Waals surface area contributed by atoms with E-state index in [9.17, 15) is 0 Å². The summed E-state index contributed by atoms with van der Waals surface area (Å²) < 4.78 is 0. The van der Waals surface area contributed by atoms with Crippen LogP contribution in [0.25, 0.3) is 66.8 Å². The molecule has 0 amide bonds. The van der Waals surface area contributed by atoms with Crippen LogP contribution in [0.3, 0.4) is 0 Å². The zero-order valence-electron chi connectivity index (χ0n) is 22.8. The lowest BCUT2D eigenvalue weighted by Crippen LogP contribution is -1.89. The van der Waals surface area contributed by atoms with Gasteiger partial charge in [-0.05, 0) is 158 Å². The highest BCUT2D eigenvalue weighted by atomic mass is 14.6. The fourth-order valence-corrected chi connectivity index (χ4v) is 5.31. The van der Waals surface area contributed by atoms with Crippen LogP contribution in [0, 0.1) is 0 Å². The lowest BCUT2D eigenvalue weighted by Gasteiger charge is -2.14. The van der Waals surface area contributed by atoms with Crippen molar-refractivity contribution in [3.05, 3.63) is 159 Å². The van der Waals surface area contributed by atoms with Gasteiger partial charge in [0.05, 0.1) is 0 Å². The highest BCUT2D eigenvalue weighted by Crippen LogP contribution is 2.36. The molecule has 0 saturated heterocycles. The molecule has 4 aromatic heterocycles. The van der Waals surface area contributed by atoms with Gasteiger partial charge in [0.1, 0.15) is 0 Å². The van der Waals surface area contributed by atoms with Crippen LogP contribution in [0.5, 0.6) is 0 Å². The minimum absolute atomic E-state index is 1.13. The van der Waals surface area contributed by atoms with Crippen LogP contribution in [0.1, 0.15) is 0 Å². The molecule has 3 aromatic carbocycles. The molecular formula is C38H26N4. The molecule has 42 heavy (non-hydrogen) atoms. The van der Waals surface area contributed by atoms with Crippen LogP contribution in [0.2, 0.25) is 0 Å². The standard InChI is InChI=1S/C38H26N4/c1-2-31(37-23-33(27-4-12-39-13-5-27)21-34(24-37)28-6-14-40-15-7-28)20-32(3-1)38-25-35(29-8-16-41-17-9-29)22-36(26-38)30-10-18-42-19-11-30/h1-26H. The summed E-state index contributed by atoms with van der Waals surface area (Å²) in [6.45, 7) is 0. The Labute approximate surface area is 245 Å². The third kappa shape index (κ3) is 5.34. The average molecular weight is 539 g/mol. The molecule has 4 heteroatoms. The number of benzene rings is 3. The zero-order chi connectivity index (χ0) is 28.1. The maximum absolute atomic E-state index is 4.22. The van der Waals surface area contributed by atoms with Gasteiger partial charge in [-0.2, -0.15) is 0 Å². The van der Waals surface area contributed by atoms with E-state index >= 15 is 0 Å². The van der Waals surface area contributed by atoms with Crippen LogP contribution in [0.4, 0.5) is 0 Å². The number of rotatable bonds is 6. The van der Waals surface area contributed by atoms with Gasteiger partial charge in [0.25, 0.3) is 0 Å². The van der Waals surface area contributed by atoms with Crippen LogP contribution < -0.4 is 0 Å². The minimum Gasteiger partial charge on any atom is -0.265 e. The van der Waals surface area contributed by atoms with Crippen LogP contribution >= 0.6 is 0 Å². The molecule has 0 aliphatic heterocycles. The molecule has 198 valence electrons. The molecule has 0 bridgehead atoms. The Hall–Kier alpha value is -5.74. The third-order valence-electron chi connectivity index (χ3n) is 7.45. The number of aromatic nitrogens is 4. The van der Waals surface area contributed by atoms with Crippen molar-refractivity contribution < 1.29 is 0 Å². The zero-order valence-corrected chi connectivity index (χ0v) is 22.8. The molecule has 0 atom stereocenters. The summed E-state index contributed by atoms with van der Waals surface area (Å²) in [6, 6.07) is 38.7. The number of hydrogen-bond acceptors (Lipinski definition) is 4. The lowest BCUT2D eigenvalue weighted by atomic mass is 9.91. The number of pyridine rings is 4. The summed E-state index contributed by atoms with van der Waals surface area (Å²) in [5, 5.41) is 0.